The molecule has 70 valence electrons. The lowest BCUT2D eigenvalue weighted by Crippen LogP contribution is -2.46. The van der Waals surface area contributed by atoms with Crippen molar-refractivity contribution in [2.24, 2.45) is 5.41 Å². The topological polar surface area (TPSA) is 38.3 Å². The molecule has 0 amide bonds. The van der Waals surface area contributed by atoms with Crippen molar-refractivity contribution in [1.82, 2.24) is 5.32 Å². The molecular formula is C9H17NO2. The fraction of sp³-hybridized carbons (Fsp3) is 0.889. The molecule has 1 aliphatic rings. The van der Waals surface area contributed by atoms with Gasteiger partial charge in [-0.15, -0.1) is 0 Å². The SMILES string of the molecule is CC(C)(C)C(=O)[C@@H]1CNCCO1. The Morgan fingerprint density at radius 2 is 2.17 bits per heavy atom. The molecule has 1 fully saturated rings. The maximum atomic E-state index is 11.7. The first-order valence-corrected chi connectivity index (χ1v) is 4.38. The van der Waals surface area contributed by atoms with E-state index in [2.05, 4.69) is 5.32 Å². The number of nitrogens with one attached hydrogen (secondary N) is 1. The minimum Gasteiger partial charge on any atom is -0.368 e. The van der Waals surface area contributed by atoms with Gasteiger partial charge in [-0.05, 0) is 0 Å². The van der Waals surface area contributed by atoms with Gasteiger partial charge in [-0.1, -0.05) is 20.8 Å². The van der Waals surface area contributed by atoms with Crippen LogP contribution in [0, 0.1) is 5.41 Å². The number of ketones is 1. The molecule has 0 unspecified atom stereocenters. The van der Waals surface area contributed by atoms with Crippen molar-refractivity contribution in [1.29, 1.82) is 0 Å². The zero-order valence-electron chi connectivity index (χ0n) is 8.02. The molecule has 0 aromatic heterocycles. The number of hydrogen-bond acceptors (Lipinski definition) is 3. The highest BCUT2D eigenvalue weighted by molar-refractivity contribution is 5.88. The summed E-state index contributed by atoms with van der Waals surface area (Å²) in [6.07, 6.45) is -0.237. The Morgan fingerprint density at radius 3 is 2.58 bits per heavy atom. The van der Waals surface area contributed by atoms with Crippen LogP contribution < -0.4 is 5.32 Å². The molecule has 3 heteroatoms. The standard InChI is InChI=1S/C9H17NO2/c1-9(2,3)8(11)7-6-10-4-5-12-7/h7,10H,4-6H2,1-3H3/t7-/m0/s1. The molecule has 1 saturated heterocycles. The summed E-state index contributed by atoms with van der Waals surface area (Å²) in [5.41, 5.74) is -0.288. The molecule has 12 heavy (non-hydrogen) atoms. The molecule has 0 radical (unpaired) electrons. The van der Waals surface area contributed by atoms with Gasteiger partial charge < -0.3 is 10.1 Å². The van der Waals surface area contributed by atoms with Crippen LogP contribution >= 0.6 is 0 Å². The van der Waals surface area contributed by atoms with Crippen LogP contribution in [0.4, 0.5) is 0 Å². The van der Waals surface area contributed by atoms with Gasteiger partial charge in [0.05, 0.1) is 6.61 Å². The van der Waals surface area contributed by atoms with Gasteiger partial charge in [-0.2, -0.15) is 0 Å². The van der Waals surface area contributed by atoms with E-state index in [1.807, 2.05) is 20.8 Å². The van der Waals surface area contributed by atoms with E-state index in [4.69, 9.17) is 4.74 Å². The van der Waals surface area contributed by atoms with Crippen LogP contribution in [0.15, 0.2) is 0 Å². The van der Waals surface area contributed by atoms with Gasteiger partial charge in [0, 0.05) is 18.5 Å². The summed E-state index contributed by atoms with van der Waals surface area (Å²) in [5, 5.41) is 3.14. The predicted molar refractivity (Wildman–Crippen MR) is 47.1 cm³/mol. The van der Waals surface area contributed by atoms with Gasteiger partial charge in [0.25, 0.3) is 0 Å². The minimum absolute atomic E-state index is 0.190. The second-order valence-corrected chi connectivity index (χ2v) is 4.18. The van der Waals surface area contributed by atoms with Crippen molar-refractivity contribution in [2.75, 3.05) is 19.7 Å². The smallest absolute Gasteiger partial charge is 0.168 e. The summed E-state index contributed by atoms with van der Waals surface area (Å²) >= 11 is 0. The van der Waals surface area contributed by atoms with Gasteiger partial charge >= 0.3 is 0 Å². The number of Topliss-reactive ketones (excluding diaryl/α,β-unsaturated/α-hetero) is 1. The summed E-state index contributed by atoms with van der Waals surface area (Å²) in [6, 6.07) is 0. The molecule has 1 aliphatic heterocycles. The molecular weight excluding hydrogens is 154 g/mol. The first-order chi connectivity index (χ1) is 5.52. The maximum Gasteiger partial charge on any atom is 0.168 e. The summed E-state index contributed by atoms with van der Waals surface area (Å²) in [4.78, 5) is 11.7. The highest BCUT2D eigenvalue weighted by Crippen LogP contribution is 2.18. The van der Waals surface area contributed by atoms with E-state index >= 15 is 0 Å². The van der Waals surface area contributed by atoms with Crippen LogP contribution in [0.3, 0.4) is 0 Å². The summed E-state index contributed by atoms with van der Waals surface area (Å²) in [6.45, 7) is 7.93. The van der Waals surface area contributed by atoms with Gasteiger partial charge in [0.2, 0.25) is 0 Å². The van der Waals surface area contributed by atoms with Crippen LogP contribution in [0.25, 0.3) is 0 Å². The lowest BCUT2D eigenvalue weighted by molar-refractivity contribution is -0.139. The van der Waals surface area contributed by atoms with Crippen LogP contribution in [-0.4, -0.2) is 31.6 Å². The fourth-order valence-corrected chi connectivity index (χ4v) is 1.22. The largest absolute Gasteiger partial charge is 0.368 e. The Morgan fingerprint density at radius 1 is 1.50 bits per heavy atom. The number of rotatable bonds is 1. The Bertz CT molecular complexity index is 166. The van der Waals surface area contributed by atoms with Gasteiger partial charge in [-0.25, -0.2) is 0 Å². The van der Waals surface area contributed by atoms with E-state index in [1.54, 1.807) is 0 Å². The highest BCUT2D eigenvalue weighted by Gasteiger charge is 2.31. The van der Waals surface area contributed by atoms with Crippen molar-refractivity contribution < 1.29 is 9.53 Å². The quantitative estimate of drug-likeness (QED) is 0.627. The first kappa shape index (κ1) is 9.68. The summed E-state index contributed by atoms with van der Waals surface area (Å²) in [7, 11) is 0. The second-order valence-electron chi connectivity index (χ2n) is 4.18. The van der Waals surface area contributed by atoms with Crippen LogP contribution in [-0.2, 0) is 9.53 Å². The molecule has 0 bridgehead atoms. The van der Waals surface area contributed by atoms with Crippen LogP contribution in [0.5, 0.6) is 0 Å². The summed E-state index contributed by atoms with van der Waals surface area (Å²) < 4.78 is 5.35. The van der Waals surface area contributed by atoms with Crippen molar-refractivity contribution >= 4 is 5.78 Å². The van der Waals surface area contributed by atoms with E-state index in [-0.39, 0.29) is 17.3 Å². The van der Waals surface area contributed by atoms with Crippen molar-refractivity contribution in [2.45, 2.75) is 26.9 Å². The molecule has 0 saturated carbocycles. The molecule has 3 nitrogen and oxygen atoms in total. The first-order valence-electron chi connectivity index (χ1n) is 4.38. The van der Waals surface area contributed by atoms with Crippen molar-refractivity contribution in [3.63, 3.8) is 0 Å². The van der Waals surface area contributed by atoms with E-state index in [0.717, 1.165) is 6.54 Å². The average Bonchev–Trinajstić information content (AvgIpc) is 2.03. The van der Waals surface area contributed by atoms with Crippen LogP contribution in [0.2, 0.25) is 0 Å². The van der Waals surface area contributed by atoms with Crippen molar-refractivity contribution in [3.8, 4) is 0 Å². The molecule has 1 N–H and O–H groups in total. The van der Waals surface area contributed by atoms with Crippen molar-refractivity contribution in [3.05, 3.63) is 0 Å². The third-order valence-corrected chi connectivity index (χ3v) is 1.96. The third kappa shape index (κ3) is 2.29. The highest BCUT2D eigenvalue weighted by atomic mass is 16.5. The number of hydrogen-bond donors (Lipinski definition) is 1. The van der Waals surface area contributed by atoms with E-state index < -0.39 is 0 Å². The van der Waals surface area contributed by atoms with E-state index in [1.165, 1.54) is 0 Å². The summed E-state index contributed by atoms with van der Waals surface area (Å²) in [5.74, 6) is 0.190. The van der Waals surface area contributed by atoms with Gasteiger partial charge in [-0.3, -0.25) is 4.79 Å². The zero-order chi connectivity index (χ0) is 9.19. The molecule has 1 heterocycles. The number of ether oxygens (including phenoxy) is 1. The molecule has 1 rings (SSSR count). The number of carbonyl (C=O) groups is 1. The minimum atomic E-state index is -0.288. The third-order valence-electron chi connectivity index (χ3n) is 1.96. The lowest BCUT2D eigenvalue weighted by atomic mass is 9.87. The molecule has 1 atom stereocenters. The second kappa shape index (κ2) is 3.54. The Kier molecular flexibility index (Phi) is 2.85. The number of carbonyl (C=O) groups excluding carboxylic acids is 1. The Balaban J connectivity index is 2.51. The van der Waals surface area contributed by atoms with Gasteiger partial charge in [0.1, 0.15) is 6.10 Å². The number of morpholine rings is 1. The van der Waals surface area contributed by atoms with E-state index in [0.29, 0.717) is 13.2 Å². The molecule has 0 aromatic rings. The molecule has 0 spiro atoms. The zero-order valence-corrected chi connectivity index (χ0v) is 8.02. The maximum absolute atomic E-state index is 11.7. The predicted octanol–water partition coefficient (Wildman–Crippen LogP) is 0.590. The Labute approximate surface area is 73.5 Å². The molecule has 0 aromatic carbocycles. The Hall–Kier alpha value is -0.410. The normalized spacial score (nSPS) is 25.4. The van der Waals surface area contributed by atoms with Gasteiger partial charge in [0.15, 0.2) is 5.78 Å². The fourth-order valence-electron chi connectivity index (χ4n) is 1.22. The average molecular weight is 171 g/mol. The van der Waals surface area contributed by atoms with E-state index in [9.17, 15) is 4.79 Å². The lowest BCUT2D eigenvalue weighted by Gasteiger charge is -2.28. The molecule has 0 aliphatic carbocycles. The van der Waals surface area contributed by atoms with Crippen LogP contribution in [0.1, 0.15) is 20.8 Å². The monoisotopic (exact) mass is 171 g/mol.